The van der Waals surface area contributed by atoms with E-state index in [2.05, 4.69) is 5.32 Å². The van der Waals surface area contributed by atoms with Crippen molar-refractivity contribution in [3.8, 4) is 11.5 Å². The van der Waals surface area contributed by atoms with E-state index in [1.807, 2.05) is 0 Å². The lowest BCUT2D eigenvalue weighted by Gasteiger charge is -2.13. The quantitative estimate of drug-likeness (QED) is 0.794. The van der Waals surface area contributed by atoms with Crippen molar-refractivity contribution >= 4 is 12.2 Å². The Kier molecular flexibility index (Phi) is 5.19. The summed E-state index contributed by atoms with van der Waals surface area (Å²) in [6, 6.07) is 8.07. The molecule has 0 saturated heterocycles. The van der Waals surface area contributed by atoms with Crippen molar-refractivity contribution in [1.29, 1.82) is 0 Å². The smallest absolute Gasteiger partial charge is 0.258 e. The zero-order chi connectivity index (χ0) is 15.9. The first-order chi connectivity index (χ1) is 10.6. The van der Waals surface area contributed by atoms with Crippen LogP contribution in [0.5, 0.6) is 11.5 Å². The second-order valence-corrected chi connectivity index (χ2v) is 4.61. The van der Waals surface area contributed by atoms with E-state index < -0.39 is 0 Å². The number of carbonyl (C=O) groups is 2. The Hall–Kier alpha value is -2.76. The van der Waals surface area contributed by atoms with Gasteiger partial charge in [0.2, 0.25) is 0 Å². The first-order valence-corrected chi connectivity index (χ1v) is 6.73. The van der Waals surface area contributed by atoms with Crippen LogP contribution in [0, 0.1) is 0 Å². The Labute approximate surface area is 128 Å². The molecular formula is C16H17NO5. The molecule has 6 nitrogen and oxygen atoms in total. The Bertz CT molecular complexity index is 636. The van der Waals surface area contributed by atoms with E-state index in [0.29, 0.717) is 29.1 Å². The fourth-order valence-electron chi connectivity index (χ4n) is 1.91. The van der Waals surface area contributed by atoms with Crippen LogP contribution in [0.1, 0.15) is 29.1 Å². The molecule has 1 amide bonds. The average Bonchev–Trinajstić information content (AvgIpc) is 3.07. The number of ether oxygens (including phenoxy) is 2. The summed E-state index contributed by atoms with van der Waals surface area (Å²) >= 11 is 0. The number of nitrogens with one attached hydrogen (secondary N) is 1. The fraction of sp³-hybridized carbons (Fsp3) is 0.250. The van der Waals surface area contributed by atoms with E-state index in [-0.39, 0.29) is 18.6 Å². The van der Waals surface area contributed by atoms with Gasteiger partial charge in [0.15, 0.2) is 12.9 Å². The van der Waals surface area contributed by atoms with Crippen LogP contribution in [0.25, 0.3) is 0 Å². The van der Waals surface area contributed by atoms with Crippen LogP contribution in [-0.2, 0) is 4.79 Å². The molecule has 22 heavy (non-hydrogen) atoms. The molecule has 0 aliphatic carbocycles. The number of methoxy groups -OCH3 is 1. The van der Waals surface area contributed by atoms with Crippen molar-refractivity contribution in [1.82, 2.24) is 5.32 Å². The normalized spacial score (nSPS) is 11.5. The minimum atomic E-state index is -0.309. The lowest BCUT2D eigenvalue weighted by molar-refractivity contribution is -0.123. The Morgan fingerprint density at radius 2 is 2.23 bits per heavy atom. The summed E-state index contributed by atoms with van der Waals surface area (Å²) in [5.74, 6) is 1.23. The molecule has 0 spiro atoms. The van der Waals surface area contributed by atoms with Crippen LogP contribution < -0.4 is 14.8 Å². The highest BCUT2D eigenvalue weighted by Gasteiger charge is 2.13. The molecule has 0 bridgehead atoms. The number of carbonyl (C=O) groups excluding carboxylic acids is 2. The average molecular weight is 303 g/mol. The van der Waals surface area contributed by atoms with Crippen molar-refractivity contribution in [2.24, 2.45) is 0 Å². The first kappa shape index (κ1) is 15.6. The molecule has 1 aromatic carbocycles. The Balaban J connectivity index is 1.92. The van der Waals surface area contributed by atoms with Gasteiger partial charge in [-0.3, -0.25) is 9.59 Å². The van der Waals surface area contributed by atoms with Crippen molar-refractivity contribution in [2.75, 3.05) is 13.7 Å². The van der Waals surface area contributed by atoms with Crippen LogP contribution in [0.2, 0.25) is 0 Å². The highest BCUT2D eigenvalue weighted by atomic mass is 16.5. The predicted molar refractivity (Wildman–Crippen MR) is 79.1 cm³/mol. The standard InChI is InChI=1S/C16H17NO5/c1-11(14-4-3-7-21-14)17-16(19)10-22-15-6-5-13(20-2)8-12(15)9-18/h3-9,11H,10H2,1-2H3,(H,17,19)/t11-/m1/s1. The van der Waals surface area contributed by atoms with Gasteiger partial charge in [-0.2, -0.15) is 0 Å². The number of amides is 1. The first-order valence-electron chi connectivity index (χ1n) is 6.73. The van der Waals surface area contributed by atoms with Gasteiger partial charge in [-0.25, -0.2) is 0 Å². The number of rotatable bonds is 7. The maximum absolute atomic E-state index is 11.9. The van der Waals surface area contributed by atoms with Gasteiger partial charge in [-0.1, -0.05) is 0 Å². The molecular weight excluding hydrogens is 286 g/mol. The van der Waals surface area contributed by atoms with E-state index >= 15 is 0 Å². The summed E-state index contributed by atoms with van der Waals surface area (Å²) in [7, 11) is 1.51. The molecule has 6 heteroatoms. The monoisotopic (exact) mass is 303 g/mol. The number of hydrogen-bond donors (Lipinski definition) is 1. The third-order valence-corrected chi connectivity index (χ3v) is 3.05. The summed E-state index contributed by atoms with van der Waals surface area (Å²) < 4.78 is 15.6. The molecule has 0 fully saturated rings. The van der Waals surface area contributed by atoms with E-state index in [1.165, 1.54) is 7.11 Å². The molecule has 1 atom stereocenters. The van der Waals surface area contributed by atoms with Crippen molar-refractivity contribution < 1.29 is 23.5 Å². The SMILES string of the molecule is COc1ccc(OCC(=O)N[C@H](C)c2ccco2)c(C=O)c1. The largest absolute Gasteiger partial charge is 0.497 e. The minimum absolute atomic E-state index is 0.196. The van der Waals surface area contributed by atoms with E-state index in [0.717, 1.165) is 0 Å². The highest BCUT2D eigenvalue weighted by molar-refractivity contribution is 5.81. The van der Waals surface area contributed by atoms with Crippen molar-refractivity contribution in [3.63, 3.8) is 0 Å². The van der Waals surface area contributed by atoms with E-state index in [4.69, 9.17) is 13.9 Å². The molecule has 116 valence electrons. The highest BCUT2D eigenvalue weighted by Crippen LogP contribution is 2.22. The van der Waals surface area contributed by atoms with Crippen LogP contribution in [-0.4, -0.2) is 25.9 Å². The third-order valence-electron chi connectivity index (χ3n) is 3.05. The summed E-state index contributed by atoms with van der Waals surface area (Å²) in [5, 5.41) is 2.74. The molecule has 2 aromatic rings. The van der Waals surface area contributed by atoms with Gasteiger partial charge in [-0.15, -0.1) is 0 Å². The maximum Gasteiger partial charge on any atom is 0.258 e. The van der Waals surface area contributed by atoms with E-state index in [9.17, 15) is 9.59 Å². The van der Waals surface area contributed by atoms with E-state index in [1.54, 1.807) is 43.5 Å². The zero-order valence-corrected chi connectivity index (χ0v) is 12.4. The lowest BCUT2D eigenvalue weighted by atomic mass is 10.2. The molecule has 1 heterocycles. The molecule has 0 radical (unpaired) electrons. The molecule has 0 saturated carbocycles. The fourth-order valence-corrected chi connectivity index (χ4v) is 1.91. The molecule has 0 unspecified atom stereocenters. The van der Waals surface area contributed by atoms with Gasteiger partial charge in [-0.05, 0) is 37.3 Å². The number of aldehydes is 1. The molecule has 0 aliphatic rings. The minimum Gasteiger partial charge on any atom is -0.497 e. The van der Waals surface area contributed by atoms with Crippen LogP contribution in [0.15, 0.2) is 41.0 Å². The second-order valence-electron chi connectivity index (χ2n) is 4.61. The maximum atomic E-state index is 11.9. The van der Waals surface area contributed by atoms with Crippen LogP contribution >= 0.6 is 0 Å². The van der Waals surface area contributed by atoms with Gasteiger partial charge < -0.3 is 19.2 Å². The van der Waals surface area contributed by atoms with Crippen molar-refractivity contribution in [2.45, 2.75) is 13.0 Å². The summed E-state index contributed by atoms with van der Waals surface area (Å²) in [5.41, 5.74) is 0.325. The van der Waals surface area contributed by atoms with Crippen LogP contribution in [0.4, 0.5) is 0 Å². The Morgan fingerprint density at radius 1 is 1.41 bits per heavy atom. The zero-order valence-electron chi connectivity index (χ0n) is 12.4. The predicted octanol–water partition coefficient (Wildman–Crippen LogP) is 2.36. The lowest BCUT2D eigenvalue weighted by Crippen LogP contribution is -2.31. The van der Waals surface area contributed by atoms with Gasteiger partial charge in [0, 0.05) is 0 Å². The molecule has 1 N–H and O–H groups in total. The summed E-state index contributed by atoms with van der Waals surface area (Å²) in [4.78, 5) is 22.9. The number of hydrogen-bond acceptors (Lipinski definition) is 5. The number of furan rings is 1. The topological polar surface area (TPSA) is 77.8 Å². The summed E-state index contributed by atoms with van der Waals surface area (Å²) in [6.45, 7) is 1.61. The molecule has 0 aliphatic heterocycles. The van der Waals surface area contributed by atoms with Gasteiger partial charge >= 0.3 is 0 Å². The summed E-state index contributed by atoms with van der Waals surface area (Å²) in [6.07, 6.45) is 2.20. The third kappa shape index (κ3) is 3.88. The second kappa shape index (κ2) is 7.31. The number of benzene rings is 1. The van der Waals surface area contributed by atoms with Gasteiger partial charge in [0.25, 0.3) is 5.91 Å². The van der Waals surface area contributed by atoms with Crippen molar-refractivity contribution in [3.05, 3.63) is 47.9 Å². The van der Waals surface area contributed by atoms with Gasteiger partial charge in [0.05, 0.1) is 25.0 Å². The molecule has 2 rings (SSSR count). The Morgan fingerprint density at radius 3 is 2.86 bits per heavy atom. The molecule has 1 aromatic heterocycles. The van der Waals surface area contributed by atoms with Gasteiger partial charge in [0.1, 0.15) is 17.3 Å². The van der Waals surface area contributed by atoms with Crippen LogP contribution in [0.3, 0.4) is 0 Å².